The van der Waals surface area contributed by atoms with Gasteiger partial charge in [-0.3, -0.25) is 9.36 Å². The highest BCUT2D eigenvalue weighted by Crippen LogP contribution is 2.54. The van der Waals surface area contributed by atoms with Crippen molar-refractivity contribution in [2.75, 3.05) is 0 Å². The lowest BCUT2D eigenvalue weighted by Crippen LogP contribution is -2.41. The van der Waals surface area contributed by atoms with Crippen LogP contribution in [0, 0.1) is 6.92 Å². The standard InChI is InChI=1S/C14H12F3NO/c1-9-2-3-10-4-7-18(12(19)11(10)8-9)13(5-6-13)14(15,16)17/h2-4,7-8H,5-6H2,1H3. The average Bonchev–Trinajstić information content (AvgIpc) is 3.11. The second kappa shape index (κ2) is 3.62. The molecule has 1 aromatic carbocycles. The van der Waals surface area contributed by atoms with Crippen molar-refractivity contribution in [1.29, 1.82) is 0 Å². The largest absolute Gasteiger partial charge is 0.412 e. The van der Waals surface area contributed by atoms with E-state index in [0.29, 0.717) is 10.8 Å². The summed E-state index contributed by atoms with van der Waals surface area (Å²) in [5.41, 5.74) is -1.68. The first-order chi connectivity index (χ1) is 8.85. The third-order valence-electron chi connectivity index (χ3n) is 3.77. The first kappa shape index (κ1) is 12.3. The monoisotopic (exact) mass is 267 g/mol. The molecular weight excluding hydrogens is 255 g/mol. The minimum atomic E-state index is -4.38. The third kappa shape index (κ3) is 1.68. The van der Waals surface area contributed by atoms with E-state index >= 15 is 0 Å². The fourth-order valence-corrected chi connectivity index (χ4v) is 2.47. The summed E-state index contributed by atoms with van der Waals surface area (Å²) in [4.78, 5) is 12.3. The zero-order valence-corrected chi connectivity index (χ0v) is 10.3. The Morgan fingerprint density at radius 1 is 1.21 bits per heavy atom. The number of aromatic nitrogens is 1. The summed E-state index contributed by atoms with van der Waals surface area (Å²) in [6, 6.07) is 6.80. The third-order valence-corrected chi connectivity index (χ3v) is 3.77. The van der Waals surface area contributed by atoms with E-state index in [1.54, 1.807) is 18.2 Å². The number of fused-ring (bicyclic) bond motifs is 1. The van der Waals surface area contributed by atoms with Gasteiger partial charge >= 0.3 is 6.18 Å². The lowest BCUT2D eigenvalue weighted by Gasteiger charge is -2.22. The first-order valence-electron chi connectivity index (χ1n) is 6.04. The smallest absolute Gasteiger partial charge is 0.300 e. The molecule has 1 saturated carbocycles. The molecular formula is C14H12F3NO. The maximum Gasteiger partial charge on any atom is 0.412 e. The first-order valence-corrected chi connectivity index (χ1v) is 6.04. The summed E-state index contributed by atoms with van der Waals surface area (Å²) in [6.07, 6.45) is -3.16. The number of benzene rings is 1. The summed E-state index contributed by atoms with van der Waals surface area (Å²) in [5, 5.41) is 1.02. The molecule has 100 valence electrons. The van der Waals surface area contributed by atoms with Crippen molar-refractivity contribution in [3.63, 3.8) is 0 Å². The number of hydrogen-bond acceptors (Lipinski definition) is 1. The van der Waals surface area contributed by atoms with Crippen LogP contribution in [-0.2, 0) is 5.54 Å². The second-order valence-electron chi connectivity index (χ2n) is 5.11. The molecule has 5 heteroatoms. The summed E-state index contributed by atoms with van der Waals surface area (Å²) in [5.74, 6) is 0. The van der Waals surface area contributed by atoms with E-state index in [0.717, 1.165) is 10.1 Å². The van der Waals surface area contributed by atoms with Crippen molar-refractivity contribution in [1.82, 2.24) is 4.57 Å². The van der Waals surface area contributed by atoms with Crippen LogP contribution in [-0.4, -0.2) is 10.7 Å². The average molecular weight is 267 g/mol. The van der Waals surface area contributed by atoms with Gasteiger partial charge in [0.2, 0.25) is 0 Å². The number of rotatable bonds is 1. The van der Waals surface area contributed by atoms with Crippen LogP contribution in [0.5, 0.6) is 0 Å². The van der Waals surface area contributed by atoms with E-state index in [9.17, 15) is 18.0 Å². The van der Waals surface area contributed by atoms with Crippen molar-refractivity contribution >= 4 is 10.8 Å². The number of halogens is 3. The molecule has 0 spiro atoms. The van der Waals surface area contributed by atoms with Gasteiger partial charge in [0.05, 0.1) is 0 Å². The van der Waals surface area contributed by atoms with E-state index in [4.69, 9.17) is 0 Å². The molecule has 0 radical (unpaired) electrons. The van der Waals surface area contributed by atoms with Crippen LogP contribution in [0.4, 0.5) is 13.2 Å². The van der Waals surface area contributed by atoms with Gasteiger partial charge in [0.1, 0.15) is 5.54 Å². The van der Waals surface area contributed by atoms with Crippen LogP contribution in [0.3, 0.4) is 0 Å². The molecule has 1 heterocycles. The summed E-state index contributed by atoms with van der Waals surface area (Å²) < 4.78 is 40.1. The van der Waals surface area contributed by atoms with Crippen molar-refractivity contribution in [3.8, 4) is 0 Å². The Labute approximate surface area is 107 Å². The minimum absolute atomic E-state index is 0.0201. The van der Waals surface area contributed by atoms with Crippen LogP contribution >= 0.6 is 0 Å². The molecule has 0 amide bonds. The number of nitrogens with zero attached hydrogens (tertiary/aromatic N) is 1. The molecule has 0 N–H and O–H groups in total. The maximum absolute atomic E-state index is 13.1. The minimum Gasteiger partial charge on any atom is -0.300 e. The molecule has 1 aromatic heterocycles. The Hall–Kier alpha value is -1.78. The number of aryl methyl sites for hydroxylation is 1. The van der Waals surface area contributed by atoms with Crippen LogP contribution in [0.1, 0.15) is 18.4 Å². The molecule has 0 bridgehead atoms. The van der Waals surface area contributed by atoms with Crippen LogP contribution in [0.15, 0.2) is 35.3 Å². The normalized spacial score (nSPS) is 17.7. The topological polar surface area (TPSA) is 22.0 Å². The van der Waals surface area contributed by atoms with Gasteiger partial charge in [-0.2, -0.15) is 13.2 Å². The van der Waals surface area contributed by atoms with Gasteiger partial charge in [0.25, 0.3) is 5.56 Å². The zero-order chi connectivity index (χ0) is 13.8. The van der Waals surface area contributed by atoms with Crippen molar-refractivity contribution in [2.24, 2.45) is 0 Å². The van der Waals surface area contributed by atoms with Crippen molar-refractivity contribution < 1.29 is 13.2 Å². The fraction of sp³-hybridized carbons (Fsp3) is 0.357. The van der Waals surface area contributed by atoms with E-state index in [1.807, 2.05) is 13.0 Å². The molecule has 2 nitrogen and oxygen atoms in total. The lowest BCUT2D eigenvalue weighted by molar-refractivity contribution is -0.180. The maximum atomic E-state index is 13.1. The van der Waals surface area contributed by atoms with Gasteiger partial charge in [-0.15, -0.1) is 0 Å². The lowest BCUT2D eigenvalue weighted by atomic mass is 10.1. The van der Waals surface area contributed by atoms with Crippen molar-refractivity contribution in [3.05, 3.63) is 46.4 Å². The highest BCUT2D eigenvalue weighted by Gasteiger charge is 2.65. The van der Waals surface area contributed by atoms with Gasteiger partial charge in [0, 0.05) is 11.6 Å². The predicted molar refractivity (Wildman–Crippen MR) is 66.2 cm³/mol. The Kier molecular flexibility index (Phi) is 2.34. The molecule has 1 aliphatic carbocycles. The van der Waals surface area contributed by atoms with Crippen LogP contribution in [0.25, 0.3) is 10.8 Å². The summed E-state index contributed by atoms with van der Waals surface area (Å²) in [7, 11) is 0. The van der Waals surface area contributed by atoms with Crippen LogP contribution in [0.2, 0.25) is 0 Å². The van der Waals surface area contributed by atoms with E-state index in [-0.39, 0.29) is 12.8 Å². The molecule has 3 rings (SSSR count). The molecule has 2 aromatic rings. The van der Waals surface area contributed by atoms with E-state index in [2.05, 4.69) is 0 Å². The SMILES string of the molecule is Cc1ccc2ccn(C3(C(F)(F)F)CC3)c(=O)c2c1. The Bertz CT molecular complexity index is 711. The van der Waals surface area contributed by atoms with Gasteiger partial charge in [0.15, 0.2) is 0 Å². The van der Waals surface area contributed by atoms with Gasteiger partial charge in [-0.05, 0) is 37.3 Å². The van der Waals surface area contributed by atoms with Crippen LogP contribution < -0.4 is 5.56 Å². The molecule has 0 atom stereocenters. The molecule has 0 aliphatic heterocycles. The molecule has 0 saturated heterocycles. The highest BCUT2D eigenvalue weighted by molar-refractivity contribution is 5.82. The van der Waals surface area contributed by atoms with E-state index in [1.165, 1.54) is 6.20 Å². The molecule has 1 fully saturated rings. The molecule has 1 aliphatic rings. The second-order valence-corrected chi connectivity index (χ2v) is 5.11. The quantitative estimate of drug-likeness (QED) is 0.776. The summed E-state index contributed by atoms with van der Waals surface area (Å²) >= 11 is 0. The predicted octanol–water partition coefficient (Wildman–Crippen LogP) is 3.36. The number of hydrogen-bond donors (Lipinski definition) is 0. The van der Waals surface area contributed by atoms with Gasteiger partial charge < -0.3 is 0 Å². The zero-order valence-electron chi connectivity index (χ0n) is 10.3. The van der Waals surface area contributed by atoms with Crippen molar-refractivity contribution in [2.45, 2.75) is 31.5 Å². The fourth-order valence-electron chi connectivity index (χ4n) is 2.47. The summed E-state index contributed by atoms with van der Waals surface area (Å²) in [6.45, 7) is 1.81. The number of pyridine rings is 1. The molecule has 19 heavy (non-hydrogen) atoms. The van der Waals surface area contributed by atoms with Gasteiger partial charge in [-0.1, -0.05) is 17.7 Å². The Morgan fingerprint density at radius 3 is 2.47 bits per heavy atom. The number of alkyl halides is 3. The van der Waals surface area contributed by atoms with Gasteiger partial charge in [-0.25, -0.2) is 0 Å². The van der Waals surface area contributed by atoms with E-state index < -0.39 is 17.3 Å². The Morgan fingerprint density at radius 2 is 1.89 bits per heavy atom. The highest BCUT2D eigenvalue weighted by atomic mass is 19.4. The Balaban J connectivity index is 2.28. The molecule has 0 unspecified atom stereocenters.